The predicted octanol–water partition coefficient (Wildman–Crippen LogP) is 8.76. The van der Waals surface area contributed by atoms with Gasteiger partial charge < -0.3 is 19.7 Å². The maximum absolute atomic E-state index is 11.7. The third-order valence-corrected chi connectivity index (χ3v) is 8.22. The van der Waals surface area contributed by atoms with Gasteiger partial charge in [-0.15, -0.1) is 0 Å². The number of carboxylic acid groups (broad SMARTS) is 1. The summed E-state index contributed by atoms with van der Waals surface area (Å²) in [6.07, 6.45) is 5.75. The molecule has 1 amide bonds. The zero-order chi connectivity index (χ0) is 29.9. The second-order valence-corrected chi connectivity index (χ2v) is 11.4. The van der Waals surface area contributed by atoms with Crippen LogP contribution in [0.25, 0.3) is 33.5 Å². The first-order chi connectivity index (χ1) is 20.9. The highest BCUT2D eigenvalue weighted by Crippen LogP contribution is 2.37. The van der Waals surface area contributed by atoms with Crippen molar-refractivity contribution in [1.82, 2.24) is 9.55 Å². The molecule has 0 bridgehead atoms. The van der Waals surface area contributed by atoms with Crippen molar-refractivity contribution >= 4 is 40.2 Å². The van der Waals surface area contributed by atoms with Crippen LogP contribution in [0.15, 0.2) is 84.9 Å². The van der Waals surface area contributed by atoms with Crippen molar-refractivity contribution in [1.29, 1.82) is 0 Å². The van der Waals surface area contributed by atoms with Gasteiger partial charge in [0.2, 0.25) is 5.91 Å². The van der Waals surface area contributed by atoms with Gasteiger partial charge in [-0.3, -0.25) is 4.79 Å². The molecule has 6 rings (SSSR count). The minimum Gasteiger partial charge on any atom is -0.489 e. The minimum absolute atomic E-state index is 0.134. The molecule has 0 saturated heterocycles. The van der Waals surface area contributed by atoms with Gasteiger partial charge in [0.05, 0.1) is 16.6 Å². The number of nitrogens with one attached hydrogen (secondary N) is 1. The number of aromatic carboxylic acids is 1. The van der Waals surface area contributed by atoms with Crippen LogP contribution >= 0.6 is 11.6 Å². The number of amides is 1. The topological polar surface area (TPSA) is 93.4 Å². The fraction of sp³-hybridized carbons (Fsp3) is 0.229. The number of fused-ring (bicyclic) bond motifs is 1. The number of rotatable bonds is 8. The van der Waals surface area contributed by atoms with E-state index in [1.165, 1.54) is 26.2 Å². The van der Waals surface area contributed by atoms with E-state index in [0.717, 1.165) is 46.4 Å². The van der Waals surface area contributed by atoms with Gasteiger partial charge >= 0.3 is 5.97 Å². The van der Waals surface area contributed by atoms with Crippen LogP contribution in [0.3, 0.4) is 0 Å². The average Bonchev–Trinajstić information content (AvgIpc) is 3.40. The Kier molecular flexibility index (Phi) is 8.16. The van der Waals surface area contributed by atoms with Crippen molar-refractivity contribution in [2.24, 2.45) is 0 Å². The Labute approximate surface area is 255 Å². The molecule has 1 aliphatic rings. The molecule has 1 saturated carbocycles. The molecule has 2 N–H and O–H groups in total. The van der Waals surface area contributed by atoms with Crippen LogP contribution < -0.4 is 10.1 Å². The summed E-state index contributed by atoms with van der Waals surface area (Å²) in [6.45, 7) is 1.82. The first kappa shape index (κ1) is 28.5. The van der Waals surface area contributed by atoms with Gasteiger partial charge in [-0.25, -0.2) is 9.78 Å². The largest absolute Gasteiger partial charge is 0.489 e. The number of imidazole rings is 1. The number of hydrogen-bond acceptors (Lipinski definition) is 4. The molecule has 0 unspecified atom stereocenters. The summed E-state index contributed by atoms with van der Waals surface area (Å²) in [7, 11) is 0. The maximum atomic E-state index is 11.7. The lowest BCUT2D eigenvalue weighted by molar-refractivity contribution is -0.114. The Morgan fingerprint density at radius 3 is 2.35 bits per heavy atom. The molecule has 1 heterocycles. The SMILES string of the molecule is CC(=O)Nc1ccc(COc2ccc(-c3nc4cc(C(=O)O)ccc4n3C3CCCCC3)cc2)c(-c2ccc(Cl)cc2)c1. The normalized spacial score (nSPS) is 13.6. The second kappa shape index (κ2) is 12.3. The van der Waals surface area contributed by atoms with Crippen LogP contribution in [0, 0.1) is 0 Å². The molecular formula is C35H32ClN3O4. The predicted molar refractivity (Wildman–Crippen MR) is 170 cm³/mol. The number of carboxylic acids is 1. The van der Waals surface area contributed by atoms with E-state index < -0.39 is 5.97 Å². The number of anilines is 1. The summed E-state index contributed by atoms with van der Waals surface area (Å²) < 4.78 is 8.53. The van der Waals surface area contributed by atoms with E-state index in [9.17, 15) is 14.7 Å². The van der Waals surface area contributed by atoms with Gasteiger partial charge in [-0.2, -0.15) is 0 Å². The Bertz CT molecular complexity index is 1790. The van der Waals surface area contributed by atoms with E-state index >= 15 is 0 Å². The summed E-state index contributed by atoms with van der Waals surface area (Å²) in [5.74, 6) is 0.464. The summed E-state index contributed by atoms with van der Waals surface area (Å²) in [6, 6.07) is 26.8. The summed E-state index contributed by atoms with van der Waals surface area (Å²) in [5.41, 5.74) is 6.44. The molecular weight excluding hydrogens is 562 g/mol. The Morgan fingerprint density at radius 1 is 0.930 bits per heavy atom. The Balaban J connectivity index is 1.28. The highest BCUT2D eigenvalue weighted by molar-refractivity contribution is 6.30. The molecule has 0 spiro atoms. The minimum atomic E-state index is -0.957. The highest BCUT2D eigenvalue weighted by atomic mass is 35.5. The lowest BCUT2D eigenvalue weighted by atomic mass is 9.95. The molecule has 1 aromatic heterocycles. The van der Waals surface area contributed by atoms with Gasteiger partial charge in [0, 0.05) is 29.2 Å². The zero-order valence-electron chi connectivity index (χ0n) is 23.8. The Morgan fingerprint density at radius 2 is 1.65 bits per heavy atom. The van der Waals surface area contributed by atoms with Crippen molar-refractivity contribution in [3.8, 4) is 28.3 Å². The first-order valence-corrected chi connectivity index (χ1v) is 14.9. The van der Waals surface area contributed by atoms with Crippen LogP contribution in [0.1, 0.15) is 61.0 Å². The lowest BCUT2D eigenvalue weighted by Gasteiger charge is -2.25. The Hall–Kier alpha value is -4.62. The maximum Gasteiger partial charge on any atom is 0.335 e. The third kappa shape index (κ3) is 6.27. The molecule has 43 heavy (non-hydrogen) atoms. The van der Waals surface area contributed by atoms with Crippen LogP contribution in [0.5, 0.6) is 5.75 Å². The van der Waals surface area contributed by atoms with Gasteiger partial charge in [0.25, 0.3) is 0 Å². The molecule has 4 aromatic carbocycles. The summed E-state index contributed by atoms with van der Waals surface area (Å²) >= 11 is 6.12. The number of nitrogens with zero attached hydrogens (tertiary/aromatic N) is 2. The van der Waals surface area contributed by atoms with E-state index in [0.29, 0.717) is 34.6 Å². The first-order valence-electron chi connectivity index (χ1n) is 14.5. The van der Waals surface area contributed by atoms with Crippen molar-refractivity contribution in [2.45, 2.75) is 51.7 Å². The van der Waals surface area contributed by atoms with E-state index in [1.54, 1.807) is 12.1 Å². The smallest absolute Gasteiger partial charge is 0.335 e. The lowest BCUT2D eigenvalue weighted by Crippen LogP contribution is -2.14. The summed E-state index contributed by atoms with van der Waals surface area (Å²) in [4.78, 5) is 28.2. The van der Waals surface area contributed by atoms with Gasteiger partial charge in [0.15, 0.2) is 0 Å². The van der Waals surface area contributed by atoms with Crippen LogP contribution in [-0.4, -0.2) is 26.5 Å². The molecule has 0 radical (unpaired) electrons. The molecule has 218 valence electrons. The highest BCUT2D eigenvalue weighted by Gasteiger charge is 2.23. The van der Waals surface area contributed by atoms with Gasteiger partial charge in [-0.1, -0.05) is 49.1 Å². The van der Waals surface area contributed by atoms with Crippen LogP contribution in [0.2, 0.25) is 5.02 Å². The molecule has 5 aromatic rings. The number of benzene rings is 4. The second-order valence-electron chi connectivity index (χ2n) is 11.0. The van der Waals surface area contributed by atoms with Crippen molar-refractivity contribution in [3.63, 3.8) is 0 Å². The number of carbonyl (C=O) groups is 2. The van der Waals surface area contributed by atoms with Crippen LogP contribution in [0.4, 0.5) is 5.69 Å². The number of aromatic nitrogens is 2. The van der Waals surface area contributed by atoms with E-state index in [2.05, 4.69) is 9.88 Å². The quantitative estimate of drug-likeness (QED) is 0.187. The fourth-order valence-electron chi connectivity index (χ4n) is 5.89. The zero-order valence-corrected chi connectivity index (χ0v) is 24.6. The molecule has 8 heteroatoms. The number of carbonyl (C=O) groups excluding carboxylic acids is 1. The molecule has 7 nitrogen and oxygen atoms in total. The summed E-state index contributed by atoms with van der Waals surface area (Å²) in [5, 5.41) is 13.0. The molecule has 0 atom stereocenters. The number of ether oxygens (including phenoxy) is 1. The van der Waals surface area contributed by atoms with Crippen molar-refractivity contribution in [2.75, 3.05) is 5.32 Å². The van der Waals surface area contributed by atoms with Gasteiger partial charge in [-0.05, 0) is 96.3 Å². The standard InChI is InChI=1S/C35H32ClN3O4/c1-22(40)37-28-15-9-26(31(20-28)23-7-13-27(36)14-8-23)21-43-30-16-10-24(11-17-30)34-38-32-19-25(35(41)42)12-18-33(32)39(34)29-5-3-2-4-6-29/h7-20,29H,2-6,21H2,1H3,(H,37,40)(H,41,42). The molecule has 0 aliphatic heterocycles. The van der Waals surface area contributed by atoms with Crippen molar-refractivity contribution < 1.29 is 19.4 Å². The fourth-order valence-corrected chi connectivity index (χ4v) is 6.01. The number of hydrogen-bond donors (Lipinski definition) is 2. The third-order valence-electron chi connectivity index (χ3n) is 7.97. The van der Waals surface area contributed by atoms with Crippen molar-refractivity contribution in [3.05, 3.63) is 101 Å². The van der Waals surface area contributed by atoms with E-state index in [4.69, 9.17) is 21.3 Å². The number of halogens is 1. The van der Waals surface area contributed by atoms with Gasteiger partial charge in [0.1, 0.15) is 18.2 Å². The average molecular weight is 594 g/mol. The monoisotopic (exact) mass is 593 g/mol. The molecule has 1 aliphatic carbocycles. The van der Waals surface area contributed by atoms with E-state index in [-0.39, 0.29) is 11.5 Å². The molecule has 1 fully saturated rings. The van der Waals surface area contributed by atoms with E-state index in [1.807, 2.05) is 72.8 Å². The van der Waals surface area contributed by atoms with Crippen LogP contribution in [-0.2, 0) is 11.4 Å².